The molecule has 1 atom stereocenters. The van der Waals surface area contributed by atoms with Crippen LogP contribution in [0.1, 0.15) is 19.3 Å². The summed E-state index contributed by atoms with van der Waals surface area (Å²) in [5, 5.41) is 12.7. The van der Waals surface area contributed by atoms with Crippen LogP contribution in [0, 0.1) is 0 Å². The minimum Gasteiger partial charge on any atom is -0.389 e. The Balaban J connectivity index is 3.08. The lowest BCUT2D eigenvalue weighted by molar-refractivity contribution is 0.0138. The van der Waals surface area contributed by atoms with Gasteiger partial charge in [0, 0.05) is 27.4 Å². The van der Waals surface area contributed by atoms with Crippen molar-refractivity contribution in [2.24, 2.45) is 0 Å². The first-order valence-corrected chi connectivity index (χ1v) is 6.25. The number of methoxy groups -OCH3 is 2. The fourth-order valence-corrected chi connectivity index (χ4v) is 1.36. The van der Waals surface area contributed by atoms with Crippen molar-refractivity contribution in [1.29, 1.82) is 0 Å². The zero-order valence-electron chi connectivity index (χ0n) is 11.1. The van der Waals surface area contributed by atoms with E-state index in [1.165, 1.54) is 0 Å². The summed E-state index contributed by atoms with van der Waals surface area (Å²) in [6.45, 7) is 3.80. The summed E-state index contributed by atoms with van der Waals surface area (Å²) < 4.78 is 15.0. The highest BCUT2D eigenvalue weighted by molar-refractivity contribution is 4.58. The topological polar surface area (TPSA) is 60.0 Å². The van der Waals surface area contributed by atoms with E-state index >= 15 is 0 Å². The lowest BCUT2D eigenvalue weighted by Crippen LogP contribution is -2.31. The predicted octanol–water partition coefficient (Wildman–Crippen LogP) is 0.417. The van der Waals surface area contributed by atoms with Crippen molar-refractivity contribution in [3.8, 4) is 0 Å². The molecule has 2 N–H and O–H groups in total. The first-order chi connectivity index (χ1) is 8.31. The molecule has 104 valence electrons. The van der Waals surface area contributed by atoms with Crippen LogP contribution >= 0.6 is 0 Å². The second kappa shape index (κ2) is 13.9. The maximum absolute atomic E-state index is 9.54. The molecule has 0 fully saturated rings. The monoisotopic (exact) mass is 249 g/mol. The molecular formula is C12H27NO4. The van der Waals surface area contributed by atoms with Gasteiger partial charge in [0.15, 0.2) is 0 Å². The molecule has 0 aromatic rings. The molecule has 0 aliphatic heterocycles. The molecule has 0 aliphatic carbocycles. The van der Waals surface area contributed by atoms with Gasteiger partial charge in [0.1, 0.15) is 0 Å². The number of aliphatic hydroxyl groups excluding tert-OH is 1. The number of aliphatic hydroxyl groups is 1. The Hall–Kier alpha value is -0.200. The van der Waals surface area contributed by atoms with Crippen LogP contribution in [0.15, 0.2) is 0 Å². The van der Waals surface area contributed by atoms with Crippen molar-refractivity contribution in [3.63, 3.8) is 0 Å². The minimum absolute atomic E-state index is 0.361. The number of hydrogen-bond acceptors (Lipinski definition) is 5. The summed E-state index contributed by atoms with van der Waals surface area (Å²) in [7, 11) is 3.35. The second-order valence-electron chi connectivity index (χ2n) is 3.98. The summed E-state index contributed by atoms with van der Waals surface area (Å²) in [5.74, 6) is 0. The first-order valence-electron chi connectivity index (χ1n) is 6.25. The van der Waals surface area contributed by atoms with E-state index in [-0.39, 0.29) is 0 Å². The normalized spacial score (nSPS) is 12.9. The maximum Gasteiger partial charge on any atom is 0.0897 e. The Morgan fingerprint density at radius 1 is 1.00 bits per heavy atom. The van der Waals surface area contributed by atoms with Gasteiger partial charge in [0.25, 0.3) is 0 Å². The highest BCUT2D eigenvalue weighted by Crippen LogP contribution is 1.94. The van der Waals surface area contributed by atoms with E-state index in [1.54, 1.807) is 14.2 Å². The van der Waals surface area contributed by atoms with Gasteiger partial charge < -0.3 is 24.6 Å². The van der Waals surface area contributed by atoms with Crippen LogP contribution in [0.5, 0.6) is 0 Å². The van der Waals surface area contributed by atoms with Gasteiger partial charge in [-0.1, -0.05) is 0 Å². The SMILES string of the molecule is COCCCCCNCC(O)COCCOC. The summed E-state index contributed by atoms with van der Waals surface area (Å²) in [5.41, 5.74) is 0. The average Bonchev–Trinajstić information content (AvgIpc) is 2.33. The largest absolute Gasteiger partial charge is 0.389 e. The van der Waals surface area contributed by atoms with Crippen molar-refractivity contribution in [1.82, 2.24) is 5.32 Å². The molecule has 0 aromatic heterocycles. The van der Waals surface area contributed by atoms with E-state index in [0.717, 1.165) is 32.4 Å². The van der Waals surface area contributed by atoms with Crippen LogP contribution in [0.3, 0.4) is 0 Å². The van der Waals surface area contributed by atoms with Gasteiger partial charge >= 0.3 is 0 Å². The molecule has 0 saturated heterocycles. The zero-order valence-corrected chi connectivity index (χ0v) is 11.1. The van der Waals surface area contributed by atoms with Crippen molar-refractivity contribution >= 4 is 0 Å². The van der Waals surface area contributed by atoms with Gasteiger partial charge in [-0.3, -0.25) is 0 Å². The Morgan fingerprint density at radius 3 is 2.47 bits per heavy atom. The number of ether oxygens (including phenoxy) is 3. The van der Waals surface area contributed by atoms with Gasteiger partial charge in [0.2, 0.25) is 0 Å². The minimum atomic E-state index is -0.439. The molecule has 0 radical (unpaired) electrons. The third-order valence-corrected chi connectivity index (χ3v) is 2.32. The Labute approximate surface area is 104 Å². The molecule has 17 heavy (non-hydrogen) atoms. The van der Waals surface area contributed by atoms with E-state index in [4.69, 9.17) is 14.2 Å². The first kappa shape index (κ1) is 16.8. The Morgan fingerprint density at radius 2 is 1.76 bits per heavy atom. The molecule has 0 bridgehead atoms. The molecule has 0 aliphatic rings. The van der Waals surface area contributed by atoms with Crippen LogP contribution in [0.25, 0.3) is 0 Å². The van der Waals surface area contributed by atoms with E-state index in [1.807, 2.05) is 0 Å². The Kier molecular flexibility index (Phi) is 13.7. The van der Waals surface area contributed by atoms with E-state index in [2.05, 4.69) is 5.32 Å². The molecule has 0 rings (SSSR count). The zero-order chi connectivity index (χ0) is 12.8. The third kappa shape index (κ3) is 13.7. The fraction of sp³-hybridized carbons (Fsp3) is 1.00. The molecular weight excluding hydrogens is 222 g/mol. The third-order valence-electron chi connectivity index (χ3n) is 2.32. The van der Waals surface area contributed by atoms with Crippen molar-refractivity contribution < 1.29 is 19.3 Å². The fourth-order valence-electron chi connectivity index (χ4n) is 1.36. The van der Waals surface area contributed by atoms with E-state index in [9.17, 15) is 5.11 Å². The molecule has 5 heteroatoms. The molecule has 5 nitrogen and oxygen atoms in total. The summed E-state index contributed by atoms with van der Waals surface area (Å²) >= 11 is 0. The van der Waals surface area contributed by atoms with Crippen LogP contribution in [-0.2, 0) is 14.2 Å². The van der Waals surface area contributed by atoms with Crippen LogP contribution in [-0.4, -0.2) is 64.9 Å². The van der Waals surface area contributed by atoms with Crippen molar-refractivity contribution in [2.75, 3.05) is 53.7 Å². The van der Waals surface area contributed by atoms with Gasteiger partial charge in [-0.25, -0.2) is 0 Å². The van der Waals surface area contributed by atoms with Crippen molar-refractivity contribution in [2.45, 2.75) is 25.4 Å². The highest BCUT2D eigenvalue weighted by atomic mass is 16.5. The standard InChI is InChI=1S/C12H27NO4/c1-15-7-5-3-4-6-13-10-12(14)11-17-9-8-16-2/h12-14H,3-11H2,1-2H3. The quantitative estimate of drug-likeness (QED) is 0.463. The summed E-state index contributed by atoms with van der Waals surface area (Å²) in [4.78, 5) is 0. The number of hydrogen-bond donors (Lipinski definition) is 2. The van der Waals surface area contributed by atoms with Gasteiger partial charge in [0.05, 0.1) is 25.9 Å². The maximum atomic E-state index is 9.54. The highest BCUT2D eigenvalue weighted by Gasteiger charge is 2.02. The second-order valence-corrected chi connectivity index (χ2v) is 3.98. The van der Waals surface area contributed by atoms with Gasteiger partial charge in [-0.05, 0) is 25.8 Å². The molecule has 1 unspecified atom stereocenters. The molecule has 0 spiro atoms. The molecule has 0 aromatic carbocycles. The van der Waals surface area contributed by atoms with E-state index in [0.29, 0.717) is 26.4 Å². The lowest BCUT2D eigenvalue weighted by atomic mass is 10.2. The molecule has 0 amide bonds. The number of unbranched alkanes of at least 4 members (excludes halogenated alkanes) is 2. The number of nitrogens with one attached hydrogen (secondary N) is 1. The smallest absolute Gasteiger partial charge is 0.0897 e. The van der Waals surface area contributed by atoms with Crippen LogP contribution in [0.4, 0.5) is 0 Å². The van der Waals surface area contributed by atoms with Crippen LogP contribution < -0.4 is 5.32 Å². The average molecular weight is 249 g/mol. The van der Waals surface area contributed by atoms with Crippen LogP contribution in [0.2, 0.25) is 0 Å². The van der Waals surface area contributed by atoms with Crippen molar-refractivity contribution in [3.05, 3.63) is 0 Å². The van der Waals surface area contributed by atoms with E-state index < -0.39 is 6.10 Å². The molecule has 0 heterocycles. The molecule has 0 saturated carbocycles. The number of rotatable bonds is 13. The Bertz CT molecular complexity index is 146. The lowest BCUT2D eigenvalue weighted by Gasteiger charge is -2.12. The summed E-state index contributed by atoms with van der Waals surface area (Å²) in [6.07, 6.45) is 2.92. The van der Waals surface area contributed by atoms with Gasteiger partial charge in [-0.15, -0.1) is 0 Å². The summed E-state index contributed by atoms with van der Waals surface area (Å²) in [6, 6.07) is 0. The predicted molar refractivity (Wildman–Crippen MR) is 67.3 cm³/mol. The van der Waals surface area contributed by atoms with Gasteiger partial charge in [-0.2, -0.15) is 0 Å².